The highest BCUT2D eigenvalue weighted by atomic mass is 16.5. The summed E-state index contributed by atoms with van der Waals surface area (Å²) in [7, 11) is 1.64. The molecule has 1 aromatic heterocycles. The van der Waals surface area contributed by atoms with Crippen molar-refractivity contribution in [1.29, 1.82) is 0 Å². The number of nitrogens with zero attached hydrogens (tertiary/aromatic N) is 1. The molecule has 3 rings (SSSR count). The quantitative estimate of drug-likeness (QED) is 0.731. The highest BCUT2D eigenvalue weighted by molar-refractivity contribution is 5.77. The lowest BCUT2D eigenvalue weighted by Crippen LogP contribution is -2.27. The fraction of sp³-hybridized carbons (Fsp3) is 0.263. The van der Waals surface area contributed by atoms with Gasteiger partial charge in [-0.05, 0) is 43.2 Å². The standard InChI is InChI=1S/C19H21N3O2/c1-13(19-21-16-5-3-4-6-17(16)22-19)20-18(23)12-9-14-7-10-15(24-2)11-8-14/h3-8,10-11,13H,9,12H2,1-2H3,(H,20,23)(H,21,22)/t13-/m0/s1. The summed E-state index contributed by atoms with van der Waals surface area (Å²) in [5.41, 5.74) is 3.00. The van der Waals surface area contributed by atoms with Crippen LogP contribution < -0.4 is 10.1 Å². The molecule has 0 fully saturated rings. The number of carbonyl (C=O) groups is 1. The number of amides is 1. The second kappa shape index (κ2) is 7.17. The predicted molar refractivity (Wildman–Crippen MR) is 94.0 cm³/mol. The molecule has 0 spiro atoms. The molecule has 2 N–H and O–H groups in total. The molecular weight excluding hydrogens is 302 g/mol. The van der Waals surface area contributed by atoms with E-state index >= 15 is 0 Å². The summed E-state index contributed by atoms with van der Waals surface area (Å²) in [5, 5.41) is 2.99. The van der Waals surface area contributed by atoms with Gasteiger partial charge in [0.15, 0.2) is 0 Å². The number of benzene rings is 2. The van der Waals surface area contributed by atoms with Crippen molar-refractivity contribution in [3.8, 4) is 5.75 Å². The normalized spacial score (nSPS) is 12.1. The summed E-state index contributed by atoms with van der Waals surface area (Å²) < 4.78 is 5.13. The first-order valence-electron chi connectivity index (χ1n) is 8.02. The summed E-state index contributed by atoms with van der Waals surface area (Å²) in [4.78, 5) is 19.9. The van der Waals surface area contributed by atoms with E-state index in [-0.39, 0.29) is 11.9 Å². The molecule has 0 aliphatic rings. The van der Waals surface area contributed by atoms with Crippen LogP contribution in [-0.4, -0.2) is 23.0 Å². The molecule has 0 aliphatic carbocycles. The fourth-order valence-electron chi connectivity index (χ4n) is 2.61. The maximum absolute atomic E-state index is 12.2. The van der Waals surface area contributed by atoms with Gasteiger partial charge in [0.25, 0.3) is 0 Å². The highest BCUT2D eigenvalue weighted by Crippen LogP contribution is 2.16. The molecule has 1 heterocycles. The zero-order valence-corrected chi connectivity index (χ0v) is 13.9. The van der Waals surface area contributed by atoms with E-state index in [0.717, 1.165) is 28.2 Å². The summed E-state index contributed by atoms with van der Waals surface area (Å²) in [6.45, 7) is 1.93. The lowest BCUT2D eigenvalue weighted by Gasteiger charge is -2.11. The number of fused-ring (bicyclic) bond motifs is 1. The SMILES string of the molecule is COc1ccc(CCC(=O)N[C@@H](C)c2nc3ccccc3[nH]2)cc1. The Labute approximate surface area is 141 Å². The molecule has 0 unspecified atom stereocenters. The van der Waals surface area contributed by atoms with Crippen molar-refractivity contribution < 1.29 is 9.53 Å². The monoisotopic (exact) mass is 323 g/mol. The molecule has 0 saturated carbocycles. The lowest BCUT2D eigenvalue weighted by atomic mass is 10.1. The Kier molecular flexibility index (Phi) is 4.79. The number of methoxy groups -OCH3 is 1. The van der Waals surface area contributed by atoms with Crippen LogP contribution in [0.4, 0.5) is 0 Å². The van der Waals surface area contributed by atoms with Gasteiger partial charge in [0.2, 0.25) is 5.91 Å². The predicted octanol–water partition coefficient (Wildman–Crippen LogP) is 3.38. The van der Waals surface area contributed by atoms with Crippen molar-refractivity contribution in [1.82, 2.24) is 15.3 Å². The van der Waals surface area contributed by atoms with Gasteiger partial charge < -0.3 is 15.0 Å². The molecule has 5 nitrogen and oxygen atoms in total. The van der Waals surface area contributed by atoms with Gasteiger partial charge in [-0.2, -0.15) is 0 Å². The van der Waals surface area contributed by atoms with E-state index in [2.05, 4.69) is 15.3 Å². The second-order valence-corrected chi connectivity index (χ2v) is 5.78. The number of para-hydroxylation sites is 2. The van der Waals surface area contributed by atoms with Crippen molar-refractivity contribution in [2.24, 2.45) is 0 Å². The van der Waals surface area contributed by atoms with E-state index in [1.54, 1.807) is 7.11 Å². The van der Waals surface area contributed by atoms with Gasteiger partial charge in [-0.25, -0.2) is 4.98 Å². The van der Waals surface area contributed by atoms with Gasteiger partial charge in [0.1, 0.15) is 11.6 Å². The lowest BCUT2D eigenvalue weighted by molar-refractivity contribution is -0.121. The molecule has 0 bridgehead atoms. The zero-order chi connectivity index (χ0) is 16.9. The number of hydrogen-bond donors (Lipinski definition) is 2. The molecule has 3 aromatic rings. The van der Waals surface area contributed by atoms with E-state index in [0.29, 0.717) is 12.8 Å². The molecule has 1 amide bonds. The minimum atomic E-state index is -0.152. The van der Waals surface area contributed by atoms with Crippen LogP contribution in [0.5, 0.6) is 5.75 Å². The number of hydrogen-bond acceptors (Lipinski definition) is 3. The Balaban J connectivity index is 1.55. The Morgan fingerprint density at radius 1 is 1.21 bits per heavy atom. The van der Waals surface area contributed by atoms with E-state index in [9.17, 15) is 4.79 Å². The molecule has 1 atom stereocenters. The van der Waals surface area contributed by atoms with Crippen molar-refractivity contribution in [3.05, 3.63) is 59.9 Å². The minimum absolute atomic E-state index is 0.0128. The molecular formula is C19H21N3O2. The van der Waals surface area contributed by atoms with Gasteiger partial charge >= 0.3 is 0 Å². The number of aromatic nitrogens is 2. The number of aryl methyl sites for hydroxylation is 1. The van der Waals surface area contributed by atoms with Gasteiger partial charge in [-0.15, -0.1) is 0 Å². The molecule has 124 valence electrons. The Bertz CT molecular complexity index is 791. The Hall–Kier alpha value is -2.82. The maximum Gasteiger partial charge on any atom is 0.220 e. The average Bonchev–Trinajstić information content (AvgIpc) is 3.05. The van der Waals surface area contributed by atoms with Crippen LogP contribution >= 0.6 is 0 Å². The van der Waals surface area contributed by atoms with Crippen LogP contribution in [0.2, 0.25) is 0 Å². The maximum atomic E-state index is 12.2. The van der Waals surface area contributed by atoms with Crippen LogP contribution in [0.25, 0.3) is 11.0 Å². The minimum Gasteiger partial charge on any atom is -0.497 e. The number of imidazole rings is 1. The van der Waals surface area contributed by atoms with Gasteiger partial charge in [0, 0.05) is 6.42 Å². The molecule has 24 heavy (non-hydrogen) atoms. The average molecular weight is 323 g/mol. The number of carbonyl (C=O) groups excluding carboxylic acids is 1. The van der Waals surface area contributed by atoms with Crippen molar-refractivity contribution in [3.63, 3.8) is 0 Å². The van der Waals surface area contributed by atoms with Crippen LogP contribution in [0.1, 0.15) is 30.8 Å². The van der Waals surface area contributed by atoms with Gasteiger partial charge in [-0.3, -0.25) is 4.79 Å². The number of nitrogens with one attached hydrogen (secondary N) is 2. The molecule has 5 heteroatoms. The summed E-state index contributed by atoms with van der Waals surface area (Å²) in [6.07, 6.45) is 1.14. The third-order valence-electron chi connectivity index (χ3n) is 4.00. The second-order valence-electron chi connectivity index (χ2n) is 5.78. The largest absolute Gasteiger partial charge is 0.497 e. The third kappa shape index (κ3) is 3.74. The van der Waals surface area contributed by atoms with E-state index < -0.39 is 0 Å². The molecule has 2 aromatic carbocycles. The zero-order valence-electron chi connectivity index (χ0n) is 13.9. The Morgan fingerprint density at radius 3 is 2.67 bits per heavy atom. The first-order valence-corrected chi connectivity index (χ1v) is 8.02. The molecule has 0 saturated heterocycles. The first-order chi connectivity index (χ1) is 11.7. The molecule has 0 aliphatic heterocycles. The summed E-state index contributed by atoms with van der Waals surface area (Å²) >= 11 is 0. The van der Waals surface area contributed by atoms with Crippen LogP contribution in [-0.2, 0) is 11.2 Å². The summed E-state index contributed by atoms with van der Waals surface area (Å²) in [6, 6.07) is 15.5. The fourth-order valence-corrected chi connectivity index (χ4v) is 2.61. The smallest absolute Gasteiger partial charge is 0.220 e. The van der Waals surface area contributed by atoms with Crippen LogP contribution in [0.15, 0.2) is 48.5 Å². The number of rotatable bonds is 6. The van der Waals surface area contributed by atoms with Gasteiger partial charge in [-0.1, -0.05) is 24.3 Å². The molecule has 0 radical (unpaired) electrons. The summed E-state index contributed by atoms with van der Waals surface area (Å²) in [5.74, 6) is 1.61. The topological polar surface area (TPSA) is 67.0 Å². The first kappa shape index (κ1) is 16.1. The number of ether oxygens (including phenoxy) is 1. The third-order valence-corrected chi connectivity index (χ3v) is 4.00. The van der Waals surface area contributed by atoms with E-state index in [1.165, 1.54) is 0 Å². The number of H-pyrrole nitrogens is 1. The van der Waals surface area contributed by atoms with Crippen LogP contribution in [0.3, 0.4) is 0 Å². The van der Waals surface area contributed by atoms with Crippen LogP contribution in [0, 0.1) is 0 Å². The van der Waals surface area contributed by atoms with E-state index in [1.807, 2.05) is 55.5 Å². The highest BCUT2D eigenvalue weighted by Gasteiger charge is 2.13. The van der Waals surface area contributed by atoms with Crippen molar-refractivity contribution >= 4 is 16.9 Å². The number of aromatic amines is 1. The Morgan fingerprint density at radius 2 is 1.96 bits per heavy atom. The van der Waals surface area contributed by atoms with Crippen molar-refractivity contribution in [2.45, 2.75) is 25.8 Å². The van der Waals surface area contributed by atoms with Gasteiger partial charge in [0.05, 0.1) is 24.2 Å². The van der Waals surface area contributed by atoms with E-state index in [4.69, 9.17) is 4.74 Å². The van der Waals surface area contributed by atoms with Crippen molar-refractivity contribution in [2.75, 3.05) is 7.11 Å².